The Bertz CT molecular complexity index is 1130. The van der Waals surface area contributed by atoms with E-state index in [0.717, 1.165) is 20.9 Å². The highest BCUT2D eigenvalue weighted by Crippen LogP contribution is 2.70. The summed E-state index contributed by atoms with van der Waals surface area (Å²) in [6.07, 6.45) is 1.79. The zero-order valence-corrected chi connectivity index (χ0v) is 15.4. The number of halogens is 2. The molecule has 1 aromatic heterocycles. The van der Waals surface area contributed by atoms with E-state index >= 15 is 0 Å². The van der Waals surface area contributed by atoms with Crippen LogP contribution in [0.3, 0.4) is 0 Å². The van der Waals surface area contributed by atoms with Gasteiger partial charge >= 0.3 is 7.82 Å². The van der Waals surface area contributed by atoms with E-state index in [1.807, 2.05) is 19.1 Å². The molecule has 3 aromatic rings. The Morgan fingerprint density at radius 2 is 1.92 bits per heavy atom. The zero-order chi connectivity index (χ0) is 16.8. The molecule has 5 rings (SSSR count). The minimum Gasteiger partial charge on any atom is -0.395 e. The van der Waals surface area contributed by atoms with Gasteiger partial charge in [-0.05, 0) is 35.0 Å². The molecule has 0 radical (unpaired) electrons. The molecule has 1 atom stereocenters. The summed E-state index contributed by atoms with van der Waals surface area (Å²) in [5, 5.41) is 1.34. The van der Waals surface area contributed by atoms with Crippen LogP contribution in [-0.2, 0) is 4.57 Å². The number of nitrogens with one attached hydrogen (secondary N) is 1. The second kappa shape index (κ2) is 4.42. The summed E-state index contributed by atoms with van der Waals surface area (Å²) in [6.45, 7) is 1.81. The number of anilines is 1. The SMILES string of the molecule is Cc1c2c3c(N)c(-c4c[nH]c5ccc(Br)c(Cl)c45)c1OP(=O)(O2)O3. The van der Waals surface area contributed by atoms with Gasteiger partial charge in [0.05, 0.1) is 16.3 Å². The fourth-order valence-electron chi connectivity index (χ4n) is 3.15. The largest absolute Gasteiger partial charge is 0.647 e. The first kappa shape index (κ1) is 14.5. The maximum atomic E-state index is 12.4. The van der Waals surface area contributed by atoms with Crippen LogP contribution in [0.25, 0.3) is 22.0 Å². The van der Waals surface area contributed by atoms with Gasteiger partial charge in [-0.2, -0.15) is 4.57 Å². The molecule has 0 amide bonds. The Morgan fingerprint density at radius 1 is 1.21 bits per heavy atom. The fourth-order valence-corrected chi connectivity index (χ4v) is 5.15. The summed E-state index contributed by atoms with van der Waals surface area (Å²) in [6, 6.07) is 3.77. The van der Waals surface area contributed by atoms with Crippen LogP contribution in [0, 0.1) is 6.92 Å². The van der Waals surface area contributed by atoms with Gasteiger partial charge in [-0.25, -0.2) is 0 Å². The third-order valence-electron chi connectivity index (χ3n) is 4.24. The third kappa shape index (κ3) is 1.64. The zero-order valence-electron chi connectivity index (χ0n) is 12.1. The molecule has 2 aliphatic rings. The predicted molar refractivity (Wildman–Crippen MR) is 95.1 cm³/mol. The normalized spacial score (nSPS) is 20.1. The van der Waals surface area contributed by atoms with Gasteiger partial charge in [0.1, 0.15) is 0 Å². The summed E-state index contributed by atoms with van der Waals surface area (Å²) < 4.78 is 29.4. The molecule has 3 N–H and O–H groups in total. The van der Waals surface area contributed by atoms with Crippen molar-refractivity contribution in [3.8, 4) is 28.4 Å². The van der Waals surface area contributed by atoms with Gasteiger partial charge in [-0.1, -0.05) is 11.6 Å². The third-order valence-corrected chi connectivity index (χ3v) is 6.74. The maximum Gasteiger partial charge on any atom is 0.647 e. The topological polar surface area (TPSA) is 86.6 Å². The van der Waals surface area contributed by atoms with Crippen molar-refractivity contribution in [2.75, 3.05) is 5.73 Å². The second-order valence-corrected chi connectivity index (χ2v) is 8.28. The highest BCUT2D eigenvalue weighted by Gasteiger charge is 2.50. The van der Waals surface area contributed by atoms with Gasteiger partial charge in [-0.3, -0.25) is 0 Å². The Kier molecular flexibility index (Phi) is 2.67. The average Bonchev–Trinajstić information content (AvgIpc) is 3.06. The van der Waals surface area contributed by atoms with Crippen molar-refractivity contribution in [2.45, 2.75) is 6.92 Å². The molecular formula is C15H9BrClN2O4P. The van der Waals surface area contributed by atoms with Crippen molar-refractivity contribution in [1.29, 1.82) is 0 Å². The van der Waals surface area contributed by atoms with Crippen LogP contribution >= 0.6 is 35.4 Å². The van der Waals surface area contributed by atoms with Crippen LogP contribution in [0.5, 0.6) is 17.2 Å². The molecule has 24 heavy (non-hydrogen) atoms. The van der Waals surface area contributed by atoms with Gasteiger partial charge in [0.15, 0.2) is 17.2 Å². The summed E-state index contributed by atoms with van der Waals surface area (Å²) in [7, 11) is -3.67. The van der Waals surface area contributed by atoms with E-state index in [9.17, 15) is 4.57 Å². The van der Waals surface area contributed by atoms with Gasteiger partial charge in [0, 0.05) is 32.7 Å². The van der Waals surface area contributed by atoms with Crippen molar-refractivity contribution in [1.82, 2.24) is 4.98 Å². The lowest BCUT2D eigenvalue weighted by atomic mass is 9.97. The van der Waals surface area contributed by atoms with Crippen LogP contribution in [-0.4, -0.2) is 4.98 Å². The standard InChI is InChI=1S/C15H9BrClN2O4P/c1-5-13-10(12(18)15-14(5)22-24(20,21-13)23-15)6-4-19-8-3-2-7(16)11(17)9(6)8/h2-4,19H,18H2,1H3. The molecule has 0 spiro atoms. The number of nitrogens with two attached hydrogens (primary N) is 1. The van der Waals surface area contributed by atoms with Gasteiger partial charge in [0.25, 0.3) is 0 Å². The first-order valence-electron chi connectivity index (χ1n) is 7.00. The number of H-pyrrole nitrogens is 1. The number of aromatic amines is 1. The minimum absolute atomic E-state index is 0.257. The number of benzene rings is 2. The number of phosphoric ester groups is 1. The molecule has 1 unspecified atom stereocenters. The lowest BCUT2D eigenvalue weighted by molar-refractivity contribution is 0.324. The molecule has 0 aliphatic carbocycles. The van der Waals surface area contributed by atoms with Crippen LogP contribution in [0.2, 0.25) is 5.02 Å². The van der Waals surface area contributed by atoms with Gasteiger partial charge in [0.2, 0.25) is 0 Å². The highest BCUT2D eigenvalue weighted by molar-refractivity contribution is 9.10. The number of hydrogen-bond acceptors (Lipinski definition) is 5. The quantitative estimate of drug-likeness (QED) is 0.400. The number of aromatic nitrogens is 1. The second-order valence-electron chi connectivity index (χ2n) is 5.61. The number of hydrogen-bond donors (Lipinski definition) is 2. The van der Waals surface area contributed by atoms with Crippen LogP contribution in [0.15, 0.2) is 22.8 Å². The highest BCUT2D eigenvalue weighted by atomic mass is 79.9. The summed E-state index contributed by atoms with van der Waals surface area (Å²) in [5.41, 5.74) is 9.49. The summed E-state index contributed by atoms with van der Waals surface area (Å²) >= 11 is 9.91. The van der Waals surface area contributed by atoms with E-state index in [4.69, 9.17) is 30.9 Å². The van der Waals surface area contributed by atoms with E-state index in [0.29, 0.717) is 33.3 Å². The lowest BCUT2D eigenvalue weighted by Gasteiger charge is -2.19. The fraction of sp³-hybridized carbons (Fsp3) is 0.0667. The average molecular weight is 428 g/mol. The minimum atomic E-state index is -3.67. The van der Waals surface area contributed by atoms with E-state index in [-0.39, 0.29) is 5.75 Å². The van der Waals surface area contributed by atoms with Crippen molar-refractivity contribution in [3.05, 3.63) is 33.4 Å². The first-order chi connectivity index (χ1) is 11.4. The first-order valence-corrected chi connectivity index (χ1v) is 9.63. The van der Waals surface area contributed by atoms with E-state index < -0.39 is 7.82 Å². The van der Waals surface area contributed by atoms with E-state index in [1.54, 1.807) is 6.20 Å². The lowest BCUT2D eigenvalue weighted by Crippen LogP contribution is -2.05. The molecule has 2 aliphatic heterocycles. The van der Waals surface area contributed by atoms with E-state index in [1.165, 1.54) is 0 Å². The van der Waals surface area contributed by atoms with Gasteiger partial charge in [-0.15, -0.1) is 0 Å². The van der Waals surface area contributed by atoms with Gasteiger partial charge < -0.3 is 24.3 Å². The molecule has 0 saturated carbocycles. The van der Waals surface area contributed by atoms with Crippen molar-refractivity contribution >= 4 is 51.9 Å². The van der Waals surface area contributed by atoms with Crippen LogP contribution < -0.4 is 19.3 Å². The summed E-state index contributed by atoms with van der Waals surface area (Å²) in [4.78, 5) is 3.17. The van der Waals surface area contributed by atoms with Crippen molar-refractivity contribution in [2.24, 2.45) is 0 Å². The smallest absolute Gasteiger partial charge is 0.395 e. The number of phosphoric acid groups is 1. The van der Waals surface area contributed by atoms with Crippen molar-refractivity contribution in [3.63, 3.8) is 0 Å². The summed E-state index contributed by atoms with van der Waals surface area (Å²) in [5.74, 6) is 1.04. The molecule has 6 nitrogen and oxygen atoms in total. The molecule has 2 aromatic carbocycles. The number of rotatable bonds is 1. The number of fused-ring (bicyclic) bond motifs is 3. The molecule has 3 heterocycles. The van der Waals surface area contributed by atoms with Crippen LogP contribution in [0.4, 0.5) is 5.69 Å². The van der Waals surface area contributed by atoms with E-state index in [2.05, 4.69) is 20.9 Å². The maximum absolute atomic E-state index is 12.4. The molecule has 3 bridgehead atoms. The molecule has 0 fully saturated rings. The Balaban J connectivity index is 1.92. The predicted octanol–water partition coefficient (Wildman–Crippen LogP) is 5.41. The molecule has 122 valence electrons. The number of nitrogen functional groups attached to an aromatic ring is 1. The Hall–Kier alpha value is -1.82. The van der Waals surface area contributed by atoms with Crippen LogP contribution in [0.1, 0.15) is 5.56 Å². The Labute approximate surface area is 149 Å². The molecule has 9 heteroatoms. The Morgan fingerprint density at radius 3 is 2.71 bits per heavy atom. The molecule has 0 saturated heterocycles. The van der Waals surface area contributed by atoms with Crippen molar-refractivity contribution < 1.29 is 18.1 Å². The molecular weight excluding hydrogens is 419 g/mol. The monoisotopic (exact) mass is 426 g/mol.